The molecule has 2 heterocycles. The van der Waals surface area contributed by atoms with Crippen LogP contribution in [0.1, 0.15) is 27.5 Å². The van der Waals surface area contributed by atoms with Crippen LogP contribution in [0.2, 0.25) is 0 Å². The van der Waals surface area contributed by atoms with Gasteiger partial charge in [0.1, 0.15) is 5.82 Å². The molecule has 4 rings (SSSR count). The molecule has 0 bridgehead atoms. The smallest absolute Gasteiger partial charge is 0.250 e. The number of para-hydroxylation sites is 1. The summed E-state index contributed by atoms with van der Waals surface area (Å²) < 4.78 is 13.0. The number of halogens is 1. The van der Waals surface area contributed by atoms with E-state index in [4.69, 9.17) is 11.1 Å². The number of carbonyl (C=O) groups excluding carboxylic acids is 1. The van der Waals surface area contributed by atoms with Gasteiger partial charge in [-0.15, -0.1) is 0 Å². The topological polar surface area (TPSA) is 76.2 Å². The van der Waals surface area contributed by atoms with Crippen LogP contribution in [0, 0.1) is 5.82 Å². The van der Waals surface area contributed by atoms with Gasteiger partial charge in [-0.3, -0.25) is 9.69 Å². The van der Waals surface area contributed by atoms with E-state index in [1.807, 2.05) is 24.3 Å². The molecule has 1 unspecified atom stereocenters. The SMILES string of the molecule is NC(=O)c1c[nH]c2c(C3CN(CCc4ccc(F)cc4)CC[N]3)cccc12. The molecule has 1 atom stereocenters. The summed E-state index contributed by atoms with van der Waals surface area (Å²) in [5.74, 6) is -0.634. The molecule has 0 saturated carbocycles. The Balaban J connectivity index is 1.49. The minimum Gasteiger partial charge on any atom is -0.366 e. The molecule has 1 aromatic heterocycles. The van der Waals surface area contributed by atoms with Gasteiger partial charge in [0, 0.05) is 37.8 Å². The number of aromatic nitrogens is 1. The third-order valence-electron chi connectivity index (χ3n) is 5.20. The van der Waals surface area contributed by atoms with Crippen molar-refractivity contribution < 1.29 is 9.18 Å². The fourth-order valence-electron chi connectivity index (χ4n) is 3.75. The predicted molar refractivity (Wildman–Crippen MR) is 103 cm³/mol. The number of nitrogens with one attached hydrogen (secondary N) is 1. The fraction of sp³-hybridized carbons (Fsp3) is 0.286. The maximum Gasteiger partial charge on any atom is 0.250 e. The van der Waals surface area contributed by atoms with Crippen LogP contribution in [0.25, 0.3) is 10.9 Å². The minimum absolute atomic E-state index is 0.0510. The van der Waals surface area contributed by atoms with Gasteiger partial charge in [0.2, 0.25) is 0 Å². The van der Waals surface area contributed by atoms with Gasteiger partial charge in [-0.2, -0.15) is 0 Å². The average molecular weight is 365 g/mol. The largest absolute Gasteiger partial charge is 0.366 e. The lowest BCUT2D eigenvalue weighted by Crippen LogP contribution is -2.43. The second kappa shape index (κ2) is 7.50. The average Bonchev–Trinajstić information content (AvgIpc) is 3.12. The maximum absolute atomic E-state index is 13.0. The number of nitrogens with zero attached hydrogens (tertiary/aromatic N) is 2. The Bertz CT molecular complexity index is 950. The lowest BCUT2D eigenvalue weighted by Gasteiger charge is -2.33. The third-order valence-corrected chi connectivity index (χ3v) is 5.20. The van der Waals surface area contributed by atoms with Crippen molar-refractivity contribution in [2.75, 3.05) is 26.2 Å². The quantitative estimate of drug-likeness (QED) is 0.729. The van der Waals surface area contributed by atoms with Gasteiger partial charge in [-0.1, -0.05) is 30.3 Å². The van der Waals surface area contributed by atoms with Crippen LogP contribution in [0.3, 0.4) is 0 Å². The standard InChI is InChI=1S/C21H22FN4O/c22-15-6-4-14(5-7-15)8-10-26-11-9-24-19(13-26)17-3-1-2-16-18(21(23)27)12-25-20(16)17/h1-7,12,19,25H,8-11,13H2,(H2,23,27). The Labute approximate surface area is 157 Å². The molecule has 27 heavy (non-hydrogen) atoms. The van der Waals surface area contributed by atoms with Crippen molar-refractivity contribution in [1.82, 2.24) is 15.2 Å². The zero-order valence-electron chi connectivity index (χ0n) is 15.0. The van der Waals surface area contributed by atoms with E-state index in [9.17, 15) is 9.18 Å². The van der Waals surface area contributed by atoms with E-state index in [-0.39, 0.29) is 11.9 Å². The summed E-state index contributed by atoms with van der Waals surface area (Å²) in [5.41, 5.74) is 9.13. The molecule has 0 aliphatic carbocycles. The van der Waals surface area contributed by atoms with Crippen LogP contribution in [0.5, 0.6) is 0 Å². The minimum atomic E-state index is -0.431. The summed E-state index contributed by atoms with van der Waals surface area (Å²) in [7, 11) is 0. The first-order chi connectivity index (χ1) is 13.1. The van der Waals surface area contributed by atoms with Crippen LogP contribution in [-0.2, 0) is 6.42 Å². The van der Waals surface area contributed by atoms with Gasteiger partial charge in [0.25, 0.3) is 5.91 Å². The lowest BCUT2D eigenvalue weighted by atomic mass is 10.00. The number of fused-ring (bicyclic) bond motifs is 1. The molecule has 1 saturated heterocycles. The number of benzene rings is 2. The van der Waals surface area contributed by atoms with E-state index in [2.05, 4.69) is 16.0 Å². The number of hydrogen-bond donors (Lipinski definition) is 2. The normalized spacial score (nSPS) is 18.0. The maximum atomic E-state index is 13.0. The van der Waals surface area contributed by atoms with Crippen molar-refractivity contribution in [2.45, 2.75) is 12.5 Å². The summed E-state index contributed by atoms with van der Waals surface area (Å²) in [6, 6.07) is 12.7. The van der Waals surface area contributed by atoms with Crippen molar-refractivity contribution in [3.05, 3.63) is 71.2 Å². The van der Waals surface area contributed by atoms with Crippen LogP contribution in [0.15, 0.2) is 48.7 Å². The molecule has 139 valence electrons. The highest BCUT2D eigenvalue weighted by Crippen LogP contribution is 2.28. The number of nitrogens with two attached hydrogens (primary N) is 1. The molecule has 5 nitrogen and oxygen atoms in total. The molecule has 3 N–H and O–H groups in total. The molecule has 6 heteroatoms. The number of amides is 1. The highest BCUT2D eigenvalue weighted by molar-refractivity contribution is 6.06. The number of aromatic amines is 1. The van der Waals surface area contributed by atoms with Crippen LogP contribution in [0.4, 0.5) is 4.39 Å². The molecule has 1 aliphatic heterocycles. The van der Waals surface area contributed by atoms with Crippen molar-refractivity contribution in [2.24, 2.45) is 5.73 Å². The highest BCUT2D eigenvalue weighted by Gasteiger charge is 2.24. The van der Waals surface area contributed by atoms with Gasteiger partial charge in [0.05, 0.1) is 17.1 Å². The third kappa shape index (κ3) is 3.72. The monoisotopic (exact) mass is 365 g/mol. The Hall–Kier alpha value is -2.70. The molecule has 1 aliphatic rings. The molecule has 1 fully saturated rings. The molecule has 2 aromatic carbocycles. The second-order valence-corrected chi connectivity index (χ2v) is 6.94. The predicted octanol–water partition coefficient (Wildman–Crippen LogP) is 2.61. The Kier molecular flexibility index (Phi) is 4.92. The van der Waals surface area contributed by atoms with Crippen LogP contribution < -0.4 is 11.1 Å². The number of piperazine rings is 1. The summed E-state index contributed by atoms with van der Waals surface area (Å²) in [4.78, 5) is 17.2. The van der Waals surface area contributed by atoms with Gasteiger partial charge < -0.3 is 10.7 Å². The first-order valence-corrected chi connectivity index (χ1v) is 9.15. The molecule has 3 aromatic rings. The zero-order valence-corrected chi connectivity index (χ0v) is 15.0. The van der Waals surface area contributed by atoms with Crippen molar-refractivity contribution in [3.63, 3.8) is 0 Å². The fourth-order valence-corrected chi connectivity index (χ4v) is 3.75. The molecule has 1 amide bonds. The van der Waals surface area contributed by atoms with Crippen molar-refractivity contribution >= 4 is 16.8 Å². The van der Waals surface area contributed by atoms with Crippen molar-refractivity contribution in [1.29, 1.82) is 0 Å². The van der Waals surface area contributed by atoms with Crippen molar-refractivity contribution in [3.8, 4) is 0 Å². The molecule has 1 radical (unpaired) electrons. The molecular weight excluding hydrogens is 343 g/mol. The van der Waals surface area contributed by atoms with E-state index in [1.54, 1.807) is 6.20 Å². The summed E-state index contributed by atoms with van der Waals surface area (Å²) >= 11 is 0. The van der Waals surface area contributed by atoms with Gasteiger partial charge in [0.15, 0.2) is 0 Å². The Morgan fingerprint density at radius 1 is 1.26 bits per heavy atom. The molecule has 0 spiro atoms. The number of carbonyl (C=O) groups is 1. The first-order valence-electron chi connectivity index (χ1n) is 9.15. The lowest BCUT2D eigenvalue weighted by molar-refractivity contribution is 0.100. The van der Waals surface area contributed by atoms with E-state index in [0.29, 0.717) is 5.56 Å². The number of H-pyrrole nitrogens is 1. The van der Waals surface area contributed by atoms with Gasteiger partial charge in [-0.25, -0.2) is 9.71 Å². The number of rotatable bonds is 5. The zero-order chi connectivity index (χ0) is 18.8. The highest BCUT2D eigenvalue weighted by atomic mass is 19.1. The Morgan fingerprint density at radius 3 is 2.85 bits per heavy atom. The van der Waals surface area contributed by atoms with E-state index in [1.165, 1.54) is 12.1 Å². The van der Waals surface area contributed by atoms with E-state index < -0.39 is 5.91 Å². The summed E-state index contributed by atoms with van der Waals surface area (Å²) in [6.07, 6.45) is 2.55. The summed E-state index contributed by atoms with van der Waals surface area (Å²) in [6.45, 7) is 3.43. The molecular formula is C21H22FN4O. The number of primary amides is 1. The van der Waals surface area contributed by atoms with Crippen LogP contribution >= 0.6 is 0 Å². The van der Waals surface area contributed by atoms with Gasteiger partial charge >= 0.3 is 0 Å². The van der Waals surface area contributed by atoms with Gasteiger partial charge in [-0.05, 0) is 29.7 Å². The van der Waals surface area contributed by atoms with Crippen LogP contribution in [-0.4, -0.2) is 42.0 Å². The Morgan fingerprint density at radius 2 is 2.07 bits per heavy atom. The summed E-state index contributed by atoms with van der Waals surface area (Å²) in [5, 5.41) is 5.64. The second-order valence-electron chi connectivity index (χ2n) is 6.94. The first kappa shape index (κ1) is 17.7. The van der Waals surface area contributed by atoms with E-state index >= 15 is 0 Å². The number of hydrogen-bond acceptors (Lipinski definition) is 2. The van der Waals surface area contributed by atoms with E-state index in [0.717, 1.165) is 54.6 Å².